The molecule has 0 saturated heterocycles. The van der Waals surface area contributed by atoms with Gasteiger partial charge in [-0.15, -0.1) is 21.5 Å². The Bertz CT molecular complexity index is 1560. The first-order valence-electron chi connectivity index (χ1n) is 12.3. The molecule has 3 N–H and O–H groups in total. The van der Waals surface area contributed by atoms with E-state index >= 15 is 0 Å². The lowest BCUT2D eigenvalue weighted by atomic mass is 10.0. The molecule has 40 heavy (non-hydrogen) atoms. The maximum atomic E-state index is 14.0. The molecule has 4 aromatic heterocycles. The van der Waals surface area contributed by atoms with Gasteiger partial charge >= 0.3 is 12.2 Å². The van der Waals surface area contributed by atoms with Gasteiger partial charge in [0.15, 0.2) is 5.69 Å². The van der Waals surface area contributed by atoms with Gasteiger partial charge in [-0.25, -0.2) is 14.8 Å². The van der Waals surface area contributed by atoms with Crippen LogP contribution in [0.15, 0.2) is 35.1 Å². The summed E-state index contributed by atoms with van der Waals surface area (Å²) in [6, 6.07) is 2.59. The Balaban J connectivity index is 1.60. The molecule has 1 saturated carbocycles. The fourth-order valence-electron chi connectivity index (χ4n) is 3.83. The molecule has 11 nitrogen and oxygen atoms in total. The number of amides is 3. The summed E-state index contributed by atoms with van der Waals surface area (Å²) >= 11 is 0.757. The number of anilines is 1. The molecule has 0 radical (unpaired) electrons. The smallest absolute Gasteiger partial charge is 0.421 e. The highest BCUT2D eigenvalue weighted by molar-refractivity contribution is 7.15. The summed E-state index contributed by atoms with van der Waals surface area (Å²) in [5.41, 5.74) is 0.487. The third-order valence-corrected chi connectivity index (χ3v) is 6.85. The van der Waals surface area contributed by atoms with Crippen LogP contribution in [0.3, 0.4) is 0 Å². The molecule has 4 aromatic rings. The molecular formula is C25H23F3N8O3S. The van der Waals surface area contributed by atoms with Crippen molar-refractivity contribution in [1.29, 1.82) is 0 Å². The van der Waals surface area contributed by atoms with E-state index in [0.29, 0.717) is 29.1 Å². The van der Waals surface area contributed by atoms with Crippen LogP contribution in [0.5, 0.6) is 0 Å². The maximum absolute atomic E-state index is 14.0. The number of nitrogens with one attached hydrogen (secondary N) is 3. The van der Waals surface area contributed by atoms with E-state index in [2.05, 4.69) is 41.1 Å². The average molecular weight is 573 g/mol. The summed E-state index contributed by atoms with van der Waals surface area (Å²) in [7, 11) is 0. The second-order valence-electron chi connectivity index (χ2n) is 9.00. The number of thiazole rings is 1. The molecule has 0 aromatic carbocycles. The number of urea groups is 1. The van der Waals surface area contributed by atoms with Crippen molar-refractivity contribution in [2.24, 2.45) is 0 Å². The highest BCUT2D eigenvalue weighted by Crippen LogP contribution is 2.41. The van der Waals surface area contributed by atoms with E-state index in [4.69, 9.17) is 4.42 Å². The van der Waals surface area contributed by atoms with Crippen molar-refractivity contribution < 1.29 is 27.2 Å². The monoisotopic (exact) mass is 572 g/mol. The zero-order valence-electron chi connectivity index (χ0n) is 21.3. The van der Waals surface area contributed by atoms with Gasteiger partial charge in [0.05, 0.1) is 12.0 Å². The summed E-state index contributed by atoms with van der Waals surface area (Å²) < 4.78 is 47.5. The van der Waals surface area contributed by atoms with Crippen LogP contribution in [-0.2, 0) is 17.4 Å². The summed E-state index contributed by atoms with van der Waals surface area (Å²) in [5, 5.41) is 15.7. The first-order valence-corrected chi connectivity index (χ1v) is 13.1. The quantitative estimate of drug-likeness (QED) is 0.277. The van der Waals surface area contributed by atoms with Crippen LogP contribution in [0.1, 0.15) is 36.2 Å². The topological polar surface area (TPSA) is 148 Å². The number of nitrogens with zero attached hydrogens (tertiary/aromatic N) is 5. The second-order valence-corrected chi connectivity index (χ2v) is 10.1. The van der Waals surface area contributed by atoms with Crippen LogP contribution in [-0.4, -0.2) is 49.7 Å². The standard InChI is InChI=1S/C25H23F3N8O3S/c1-3-30-24(38)33-19-7-16(17(11-31-19)13-6-14(10-29-9-13)22-36-35-12(2)39-22)23-34-21(25(26,27)28)18(40-23)8-20(37)32-15-4-5-15/h6-7,9-11,15H,3-5,8H2,1-2H3,(H,32,37)(H2,30,31,33,38). The fraction of sp³-hybridized carbons (Fsp3) is 0.320. The van der Waals surface area contributed by atoms with Crippen molar-refractivity contribution in [2.45, 2.75) is 45.3 Å². The SMILES string of the molecule is CCNC(=O)Nc1cc(-c2nc(C(F)(F)F)c(CC(=O)NC3CC3)s2)c(-c2cncc(-c3nnc(C)o3)c2)cn1. The van der Waals surface area contributed by atoms with E-state index < -0.39 is 30.2 Å². The van der Waals surface area contributed by atoms with Gasteiger partial charge in [0.2, 0.25) is 17.7 Å². The molecule has 15 heteroatoms. The fourth-order valence-corrected chi connectivity index (χ4v) is 4.94. The van der Waals surface area contributed by atoms with E-state index in [1.54, 1.807) is 19.9 Å². The third kappa shape index (κ3) is 6.25. The number of aromatic nitrogens is 5. The van der Waals surface area contributed by atoms with Crippen molar-refractivity contribution >= 4 is 29.1 Å². The summed E-state index contributed by atoms with van der Waals surface area (Å²) in [5.74, 6) is 0.166. The number of carbonyl (C=O) groups excluding carboxylic acids is 2. The number of pyridine rings is 2. The highest BCUT2D eigenvalue weighted by Gasteiger charge is 2.38. The number of rotatable bonds is 8. The molecule has 1 aliphatic carbocycles. The zero-order chi connectivity index (χ0) is 28.4. The summed E-state index contributed by atoms with van der Waals surface area (Å²) in [4.78, 5) is 36.7. The van der Waals surface area contributed by atoms with Crippen molar-refractivity contribution in [1.82, 2.24) is 35.8 Å². The zero-order valence-corrected chi connectivity index (χ0v) is 22.1. The molecular weight excluding hydrogens is 549 g/mol. The van der Waals surface area contributed by atoms with Gasteiger partial charge in [0, 0.05) is 59.7 Å². The lowest BCUT2D eigenvalue weighted by molar-refractivity contribution is -0.141. The highest BCUT2D eigenvalue weighted by atomic mass is 32.1. The largest absolute Gasteiger partial charge is 0.434 e. The number of alkyl halides is 3. The molecule has 0 spiro atoms. The predicted molar refractivity (Wildman–Crippen MR) is 139 cm³/mol. The molecule has 208 valence electrons. The molecule has 0 atom stereocenters. The van der Waals surface area contributed by atoms with Crippen molar-refractivity contribution in [3.05, 3.63) is 47.2 Å². The van der Waals surface area contributed by atoms with Crippen LogP contribution < -0.4 is 16.0 Å². The molecule has 3 amide bonds. The van der Waals surface area contributed by atoms with E-state index in [-0.39, 0.29) is 33.2 Å². The van der Waals surface area contributed by atoms with Crippen molar-refractivity contribution in [2.75, 3.05) is 11.9 Å². The Morgan fingerprint density at radius 2 is 1.88 bits per heavy atom. The van der Waals surface area contributed by atoms with Gasteiger partial charge in [-0.05, 0) is 31.9 Å². The van der Waals surface area contributed by atoms with Gasteiger partial charge in [0.1, 0.15) is 10.8 Å². The first kappa shape index (κ1) is 27.2. The van der Waals surface area contributed by atoms with Gasteiger partial charge in [-0.2, -0.15) is 13.2 Å². The Labute approximate surface area is 229 Å². The van der Waals surface area contributed by atoms with Crippen LogP contribution in [0.25, 0.3) is 33.2 Å². The van der Waals surface area contributed by atoms with E-state index in [1.165, 1.54) is 24.7 Å². The van der Waals surface area contributed by atoms with Crippen molar-refractivity contribution in [3.63, 3.8) is 0 Å². The number of hydrogen-bond acceptors (Lipinski definition) is 9. The normalized spacial score (nSPS) is 13.2. The van der Waals surface area contributed by atoms with Crippen LogP contribution in [0.2, 0.25) is 0 Å². The Hall–Kier alpha value is -4.40. The number of carbonyl (C=O) groups is 2. The molecule has 5 rings (SSSR count). The van der Waals surface area contributed by atoms with Gasteiger partial charge in [-0.1, -0.05) is 0 Å². The maximum Gasteiger partial charge on any atom is 0.434 e. The molecule has 0 bridgehead atoms. The minimum atomic E-state index is -4.78. The minimum absolute atomic E-state index is 0.00284. The number of aryl methyl sites for hydroxylation is 1. The molecule has 1 aliphatic rings. The first-order chi connectivity index (χ1) is 19.1. The van der Waals surface area contributed by atoms with Gasteiger partial charge in [-0.3, -0.25) is 15.1 Å². The summed E-state index contributed by atoms with van der Waals surface area (Å²) in [6.07, 6.45) is 0.804. The second kappa shape index (κ2) is 11.0. The Kier molecular flexibility index (Phi) is 7.47. The van der Waals surface area contributed by atoms with Crippen LogP contribution in [0, 0.1) is 6.92 Å². The van der Waals surface area contributed by atoms with Gasteiger partial charge < -0.3 is 15.1 Å². The lowest BCUT2D eigenvalue weighted by Crippen LogP contribution is -2.28. The van der Waals surface area contributed by atoms with Gasteiger partial charge in [0.25, 0.3) is 0 Å². The van der Waals surface area contributed by atoms with Crippen molar-refractivity contribution in [3.8, 4) is 33.2 Å². The summed E-state index contributed by atoms with van der Waals surface area (Å²) in [6.45, 7) is 3.74. The van der Waals surface area contributed by atoms with Crippen LogP contribution >= 0.6 is 11.3 Å². The molecule has 4 heterocycles. The minimum Gasteiger partial charge on any atom is -0.421 e. The molecule has 1 fully saturated rings. The third-order valence-electron chi connectivity index (χ3n) is 5.76. The van der Waals surface area contributed by atoms with E-state index in [1.807, 2.05) is 0 Å². The van der Waals surface area contributed by atoms with Crippen LogP contribution in [0.4, 0.5) is 23.8 Å². The van der Waals surface area contributed by atoms with E-state index in [0.717, 1.165) is 24.2 Å². The predicted octanol–water partition coefficient (Wildman–Crippen LogP) is 4.61. The molecule has 0 aliphatic heterocycles. The number of hydrogen-bond donors (Lipinski definition) is 3. The lowest BCUT2D eigenvalue weighted by Gasteiger charge is -2.11. The number of halogens is 3. The Morgan fingerprint density at radius 3 is 2.55 bits per heavy atom. The Morgan fingerprint density at radius 1 is 1.10 bits per heavy atom. The average Bonchev–Trinajstić information content (AvgIpc) is 3.42. The molecule has 0 unspecified atom stereocenters. The van der Waals surface area contributed by atoms with E-state index in [9.17, 15) is 22.8 Å².